The van der Waals surface area contributed by atoms with Gasteiger partial charge in [0.1, 0.15) is 0 Å². The second-order valence-corrected chi connectivity index (χ2v) is 5.92. The molecule has 5 nitrogen and oxygen atoms in total. The lowest BCUT2D eigenvalue weighted by molar-refractivity contribution is -0.238. The summed E-state index contributed by atoms with van der Waals surface area (Å²) in [5.41, 5.74) is -1.19. The molecular weight excluding hydrogens is 232 g/mol. The van der Waals surface area contributed by atoms with Gasteiger partial charge in [0.25, 0.3) is 0 Å². The first kappa shape index (κ1) is 15.4. The van der Waals surface area contributed by atoms with Crippen LogP contribution in [0.25, 0.3) is 0 Å². The van der Waals surface area contributed by atoms with Crippen molar-refractivity contribution in [3.63, 3.8) is 0 Å². The van der Waals surface area contributed by atoms with Gasteiger partial charge in [0.05, 0.1) is 18.2 Å². The maximum Gasteiger partial charge on any atom is 0.234 e. The van der Waals surface area contributed by atoms with Crippen LogP contribution >= 0.6 is 0 Å². The highest BCUT2D eigenvalue weighted by atomic mass is 16.5. The van der Waals surface area contributed by atoms with E-state index in [4.69, 9.17) is 4.74 Å². The Labute approximate surface area is 109 Å². The van der Waals surface area contributed by atoms with Gasteiger partial charge in [0.2, 0.25) is 5.91 Å². The van der Waals surface area contributed by atoms with E-state index in [1.165, 1.54) is 0 Å². The SMILES string of the molecule is CCOC1CC(O)(CNC(=O)CN(C)C)C1(C)C. The Kier molecular flexibility index (Phi) is 4.75. The monoisotopic (exact) mass is 258 g/mol. The summed E-state index contributed by atoms with van der Waals surface area (Å²) >= 11 is 0. The Bertz CT molecular complexity index is 305. The summed E-state index contributed by atoms with van der Waals surface area (Å²) in [6.07, 6.45) is 0.647. The molecule has 2 atom stereocenters. The highest BCUT2D eigenvalue weighted by molar-refractivity contribution is 5.78. The number of hydrogen-bond acceptors (Lipinski definition) is 4. The van der Waals surface area contributed by atoms with Crippen LogP contribution in [0, 0.1) is 5.41 Å². The zero-order chi connectivity index (χ0) is 14.0. The van der Waals surface area contributed by atoms with E-state index in [0.717, 1.165) is 0 Å². The number of aliphatic hydroxyl groups is 1. The Morgan fingerprint density at radius 3 is 2.56 bits per heavy atom. The third-order valence-corrected chi connectivity index (χ3v) is 3.93. The molecule has 2 unspecified atom stereocenters. The number of carbonyl (C=O) groups is 1. The molecular formula is C13H26N2O3. The van der Waals surface area contributed by atoms with E-state index in [9.17, 15) is 9.90 Å². The molecule has 18 heavy (non-hydrogen) atoms. The van der Waals surface area contributed by atoms with Crippen molar-refractivity contribution in [1.82, 2.24) is 10.2 Å². The van der Waals surface area contributed by atoms with Crippen LogP contribution in [-0.2, 0) is 9.53 Å². The van der Waals surface area contributed by atoms with Crippen LogP contribution in [0.15, 0.2) is 0 Å². The van der Waals surface area contributed by atoms with Crippen LogP contribution in [0.3, 0.4) is 0 Å². The molecule has 1 aliphatic rings. The van der Waals surface area contributed by atoms with Crippen LogP contribution in [0.1, 0.15) is 27.2 Å². The van der Waals surface area contributed by atoms with Gasteiger partial charge >= 0.3 is 0 Å². The molecule has 2 N–H and O–H groups in total. The second-order valence-electron chi connectivity index (χ2n) is 5.92. The number of nitrogens with one attached hydrogen (secondary N) is 1. The lowest BCUT2D eigenvalue weighted by Gasteiger charge is -2.57. The Hall–Kier alpha value is -0.650. The van der Waals surface area contributed by atoms with Crippen molar-refractivity contribution in [3.8, 4) is 0 Å². The number of nitrogens with zero attached hydrogens (tertiary/aromatic N) is 1. The van der Waals surface area contributed by atoms with Crippen LogP contribution in [-0.4, -0.2) is 61.4 Å². The number of hydrogen-bond donors (Lipinski definition) is 2. The van der Waals surface area contributed by atoms with Crippen molar-refractivity contribution in [1.29, 1.82) is 0 Å². The van der Waals surface area contributed by atoms with E-state index in [2.05, 4.69) is 5.32 Å². The van der Waals surface area contributed by atoms with E-state index in [1.807, 2.05) is 34.9 Å². The predicted molar refractivity (Wildman–Crippen MR) is 70.3 cm³/mol. The van der Waals surface area contributed by atoms with E-state index in [0.29, 0.717) is 19.6 Å². The van der Waals surface area contributed by atoms with Crippen LogP contribution in [0.2, 0.25) is 0 Å². The lowest BCUT2D eigenvalue weighted by Crippen LogP contribution is -2.68. The maximum atomic E-state index is 11.6. The van der Waals surface area contributed by atoms with Gasteiger partial charge in [-0.05, 0) is 21.0 Å². The summed E-state index contributed by atoms with van der Waals surface area (Å²) in [7, 11) is 3.68. The topological polar surface area (TPSA) is 61.8 Å². The fraction of sp³-hybridized carbons (Fsp3) is 0.923. The fourth-order valence-corrected chi connectivity index (χ4v) is 2.35. The molecule has 1 aliphatic carbocycles. The molecule has 0 aromatic carbocycles. The van der Waals surface area contributed by atoms with Crippen LogP contribution < -0.4 is 5.32 Å². The van der Waals surface area contributed by atoms with Crippen molar-refractivity contribution in [2.24, 2.45) is 5.41 Å². The highest BCUT2D eigenvalue weighted by Crippen LogP contribution is 2.50. The standard InChI is InChI=1S/C13H26N2O3/c1-6-18-10-7-13(17,12(10,2)3)9-14-11(16)8-15(4)5/h10,17H,6-9H2,1-5H3,(H,14,16). The molecule has 1 fully saturated rings. The van der Waals surface area contributed by atoms with Gasteiger partial charge in [-0.1, -0.05) is 13.8 Å². The second kappa shape index (κ2) is 5.55. The van der Waals surface area contributed by atoms with Crippen molar-refractivity contribution >= 4 is 5.91 Å². The zero-order valence-corrected chi connectivity index (χ0v) is 12.1. The normalized spacial score (nSPS) is 30.1. The third-order valence-electron chi connectivity index (χ3n) is 3.93. The van der Waals surface area contributed by atoms with Gasteiger partial charge in [0.15, 0.2) is 0 Å². The van der Waals surface area contributed by atoms with Crippen LogP contribution in [0.5, 0.6) is 0 Å². The molecule has 0 aromatic heterocycles. The molecule has 1 rings (SSSR count). The summed E-state index contributed by atoms with van der Waals surface area (Å²) < 4.78 is 5.58. The maximum absolute atomic E-state index is 11.6. The van der Waals surface area contributed by atoms with Gasteiger partial charge in [-0.2, -0.15) is 0 Å². The summed E-state index contributed by atoms with van der Waals surface area (Å²) in [4.78, 5) is 13.4. The minimum atomic E-state index is -0.866. The lowest BCUT2D eigenvalue weighted by atomic mass is 9.56. The molecule has 0 spiro atoms. The van der Waals surface area contributed by atoms with Crippen molar-refractivity contribution < 1.29 is 14.6 Å². The third kappa shape index (κ3) is 3.02. The molecule has 5 heteroatoms. The quantitative estimate of drug-likeness (QED) is 0.716. The van der Waals surface area contributed by atoms with Crippen molar-refractivity contribution in [3.05, 3.63) is 0 Å². The molecule has 1 saturated carbocycles. The number of carbonyl (C=O) groups excluding carboxylic acids is 1. The fourth-order valence-electron chi connectivity index (χ4n) is 2.35. The Morgan fingerprint density at radius 1 is 1.50 bits per heavy atom. The summed E-state index contributed by atoms with van der Waals surface area (Å²) in [5, 5.41) is 13.3. The highest BCUT2D eigenvalue weighted by Gasteiger charge is 2.59. The molecule has 0 aliphatic heterocycles. The van der Waals surface area contributed by atoms with Crippen molar-refractivity contribution in [2.75, 3.05) is 33.8 Å². The number of likely N-dealkylation sites (N-methyl/N-ethyl adjacent to an activating group) is 1. The summed E-state index contributed by atoms with van der Waals surface area (Å²) in [6.45, 7) is 7.19. The van der Waals surface area contributed by atoms with Crippen LogP contribution in [0.4, 0.5) is 0 Å². The van der Waals surface area contributed by atoms with Gasteiger partial charge in [-0.25, -0.2) is 0 Å². The Morgan fingerprint density at radius 2 is 2.11 bits per heavy atom. The average molecular weight is 258 g/mol. The van der Waals surface area contributed by atoms with Gasteiger partial charge in [-0.15, -0.1) is 0 Å². The Balaban J connectivity index is 2.45. The summed E-state index contributed by atoms with van der Waals surface area (Å²) in [6, 6.07) is 0. The minimum absolute atomic E-state index is 0.0657. The van der Waals surface area contributed by atoms with E-state index in [1.54, 1.807) is 4.90 Å². The van der Waals surface area contributed by atoms with E-state index >= 15 is 0 Å². The smallest absolute Gasteiger partial charge is 0.234 e. The molecule has 106 valence electrons. The van der Waals surface area contributed by atoms with E-state index < -0.39 is 5.60 Å². The molecule has 1 amide bonds. The number of ether oxygens (including phenoxy) is 1. The van der Waals surface area contributed by atoms with Crippen molar-refractivity contribution in [2.45, 2.75) is 38.9 Å². The molecule has 0 saturated heterocycles. The molecule has 0 heterocycles. The molecule has 0 aromatic rings. The van der Waals surface area contributed by atoms with Gasteiger partial charge < -0.3 is 20.1 Å². The molecule has 0 bridgehead atoms. The predicted octanol–water partition coefficient (Wildman–Crippen LogP) is 0.230. The first-order valence-electron chi connectivity index (χ1n) is 6.48. The number of rotatable bonds is 6. The van der Waals surface area contributed by atoms with E-state index in [-0.39, 0.29) is 24.0 Å². The number of amides is 1. The average Bonchev–Trinajstić information content (AvgIpc) is 2.25. The summed E-state index contributed by atoms with van der Waals surface area (Å²) in [5.74, 6) is -0.0657. The zero-order valence-electron chi connectivity index (χ0n) is 12.1. The first-order valence-corrected chi connectivity index (χ1v) is 6.48. The largest absolute Gasteiger partial charge is 0.387 e. The van der Waals surface area contributed by atoms with Gasteiger partial charge in [-0.3, -0.25) is 4.79 Å². The molecule has 0 radical (unpaired) electrons. The first-order chi connectivity index (χ1) is 8.23. The minimum Gasteiger partial charge on any atom is -0.387 e. The van der Waals surface area contributed by atoms with Gasteiger partial charge in [0, 0.05) is 25.0 Å².